The number of carboxylic acid groups (broad SMARTS) is 1. The molecule has 0 aliphatic carbocycles. The molecule has 0 atom stereocenters. The standard InChI is InChI=1S/C14H20N2O3S/c1-14(2,3)20-11-6-4-10(5-7-11)16-13(19)15-9-8-12(17)18/h4-7H,8-9H2,1-3H3,(H,17,18)(H2,15,16,19). The van der Waals surface area contributed by atoms with Gasteiger partial charge >= 0.3 is 12.0 Å². The summed E-state index contributed by atoms with van der Waals surface area (Å²) in [6.07, 6.45) is -0.0887. The van der Waals surface area contributed by atoms with E-state index in [1.165, 1.54) is 0 Å². The molecule has 0 fully saturated rings. The summed E-state index contributed by atoms with van der Waals surface area (Å²) in [7, 11) is 0. The third-order valence-corrected chi connectivity index (χ3v) is 3.28. The zero-order valence-electron chi connectivity index (χ0n) is 11.9. The maximum absolute atomic E-state index is 11.5. The Bertz CT molecular complexity index is 466. The van der Waals surface area contributed by atoms with Crippen LogP contribution in [-0.4, -0.2) is 28.4 Å². The van der Waals surface area contributed by atoms with Crippen LogP contribution in [0.3, 0.4) is 0 Å². The van der Waals surface area contributed by atoms with E-state index in [2.05, 4.69) is 31.4 Å². The average molecular weight is 296 g/mol. The Morgan fingerprint density at radius 2 is 1.80 bits per heavy atom. The molecular weight excluding hydrogens is 276 g/mol. The highest BCUT2D eigenvalue weighted by Gasteiger charge is 2.11. The minimum absolute atomic E-state index is 0.0887. The summed E-state index contributed by atoms with van der Waals surface area (Å²) in [6, 6.07) is 7.14. The van der Waals surface area contributed by atoms with E-state index in [-0.39, 0.29) is 17.7 Å². The minimum Gasteiger partial charge on any atom is -0.481 e. The van der Waals surface area contributed by atoms with E-state index in [0.717, 1.165) is 4.90 Å². The number of aliphatic carboxylic acids is 1. The Hall–Kier alpha value is -1.69. The molecule has 1 rings (SSSR count). The van der Waals surface area contributed by atoms with Crippen LogP contribution in [0.4, 0.5) is 10.5 Å². The van der Waals surface area contributed by atoms with Crippen molar-refractivity contribution in [3.05, 3.63) is 24.3 Å². The molecule has 1 aromatic rings. The largest absolute Gasteiger partial charge is 0.481 e. The quantitative estimate of drug-likeness (QED) is 0.729. The number of urea groups is 1. The SMILES string of the molecule is CC(C)(C)Sc1ccc(NC(=O)NCCC(=O)O)cc1. The molecule has 0 aliphatic heterocycles. The van der Waals surface area contributed by atoms with Gasteiger partial charge in [-0.1, -0.05) is 20.8 Å². The number of carbonyl (C=O) groups is 2. The van der Waals surface area contributed by atoms with Crippen molar-refractivity contribution in [1.82, 2.24) is 5.32 Å². The number of rotatable bonds is 5. The van der Waals surface area contributed by atoms with Gasteiger partial charge in [-0.05, 0) is 24.3 Å². The van der Waals surface area contributed by atoms with Crippen molar-refractivity contribution in [1.29, 1.82) is 0 Å². The zero-order valence-corrected chi connectivity index (χ0v) is 12.7. The fourth-order valence-electron chi connectivity index (χ4n) is 1.42. The monoisotopic (exact) mass is 296 g/mol. The maximum atomic E-state index is 11.5. The van der Waals surface area contributed by atoms with Crippen LogP contribution in [-0.2, 0) is 4.79 Å². The first-order valence-corrected chi connectivity index (χ1v) is 7.14. The summed E-state index contributed by atoms with van der Waals surface area (Å²) in [6.45, 7) is 6.53. The van der Waals surface area contributed by atoms with Crippen LogP contribution < -0.4 is 10.6 Å². The Balaban J connectivity index is 2.45. The van der Waals surface area contributed by atoms with Crippen molar-refractivity contribution in [2.75, 3.05) is 11.9 Å². The normalized spacial score (nSPS) is 10.9. The molecule has 0 saturated heterocycles. The molecule has 0 bridgehead atoms. The van der Waals surface area contributed by atoms with E-state index in [1.54, 1.807) is 11.8 Å². The number of nitrogens with one attached hydrogen (secondary N) is 2. The number of amides is 2. The Morgan fingerprint density at radius 3 is 2.30 bits per heavy atom. The lowest BCUT2D eigenvalue weighted by molar-refractivity contribution is -0.136. The Kier molecular flexibility index (Phi) is 5.88. The fourth-order valence-corrected chi connectivity index (χ4v) is 2.40. The van der Waals surface area contributed by atoms with Crippen LogP contribution in [0.2, 0.25) is 0 Å². The van der Waals surface area contributed by atoms with Gasteiger partial charge in [0.1, 0.15) is 0 Å². The van der Waals surface area contributed by atoms with E-state index in [4.69, 9.17) is 5.11 Å². The van der Waals surface area contributed by atoms with Gasteiger partial charge in [-0.2, -0.15) is 0 Å². The number of benzene rings is 1. The third-order valence-electron chi connectivity index (χ3n) is 2.16. The van der Waals surface area contributed by atoms with Crippen LogP contribution in [0.1, 0.15) is 27.2 Å². The topological polar surface area (TPSA) is 78.4 Å². The highest BCUT2D eigenvalue weighted by Crippen LogP contribution is 2.32. The van der Waals surface area contributed by atoms with Crippen molar-refractivity contribution >= 4 is 29.4 Å². The van der Waals surface area contributed by atoms with Gasteiger partial charge in [-0.3, -0.25) is 4.79 Å². The summed E-state index contributed by atoms with van der Waals surface area (Å²) in [4.78, 5) is 22.9. The van der Waals surface area contributed by atoms with Crippen LogP contribution in [0.5, 0.6) is 0 Å². The predicted octanol–water partition coefficient (Wildman–Crippen LogP) is 3.17. The minimum atomic E-state index is -0.936. The van der Waals surface area contributed by atoms with Gasteiger partial charge in [-0.15, -0.1) is 11.8 Å². The molecule has 0 spiro atoms. The highest BCUT2D eigenvalue weighted by atomic mass is 32.2. The predicted molar refractivity (Wildman–Crippen MR) is 81.3 cm³/mol. The molecule has 0 unspecified atom stereocenters. The molecule has 2 amide bonds. The molecule has 1 aromatic carbocycles. The summed E-state index contributed by atoms with van der Waals surface area (Å²) in [5.74, 6) is -0.936. The molecule has 0 saturated carbocycles. The van der Waals surface area contributed by atoms with Crippen molar-refractivity contribution in [2.45, 2.75) is 36.8 Å². The van der Waals surface area contributed by atoms with Crippen molar-refractivity contribution < 1.29 is 14.7 Å². The molecule has 0 radical (unpaired) electrons. The van der Waals surface area contributed by atoms with Gasteiger partial charge < -0.3 is 15.7 Å². The highest BCUT2D eigenvalue weighted by molar-refractivity contribution is 8.00. The fraction of sp³-hybridized carbons (Fsp3) is 0.429. The molecule has 0 aliphatic rings. The molecular formula is C14H20N2O3S. The summed E-state index contributed by atoms with van der Waals surface area (Å²) in [5, 5.41) is 13.6. The van der Waals surface area contributed by atoms with E-state index in [1.807, 2.05) is 24.3 Å². The van der Waals surface area contributed by atoms with Crippen molar-refractivity contribution in [3.63, 3.8) is 0 Å². The summed E-state index contributed by atoms with van der Waals surface area (Å²) < 4.78 is 0.142. The van der Waals surface area contributed by atoms with Gasteiger partial charge in [-0.25, -0.2) is 4.79 Å². The van der Waals surface area contributed by atoms with Gasteiger partial charge in [0, 0.05) is 21.9 Å². The van der Waals surface area contributed by atoms with E-state index in [9.17, 15) is 9.59 Å². The number of carbonyl (C=O) groups excluding carboxylic acids is 1. The molecule has 5 nitrogen and oxygen atoms in total. The lowest BCUT2D eigenvalue weighted by Gasteiger charge is -2.17. The first kappa shape index (κ1) is 16.4. The van der Waals surface area contributed by atoms with E-state index in [0.29, 0.717) is 5.69 Å². The van der Waals surface area contributed by atoms with Crippen LogP contribution in [0.25, 0.3) is 0 Å². The van der Waals surface area contributed by atoms with E-state index < -0.39 is 12.0 Å². The summed E-state index contributed by atoms with van der Waals surface area (Å²) >= 11 is 1.75. The van der Waals surface area contributed by atoms with Gasteiger partial charge in [0.15, 0.2) is 0 Å². The number of hydrogen-bond donors (Lipinski definition) is 3. The number of carboxylic acids is 1. The van der Waals surface area contributed by atoms with Crippen LogP contribution in [0, 0.1) is 0 Å². The maximum Gasteiger partial charge on any atom is 0.319 e. The van der Waals surface area contributed by atoms with Crippen LogP contribution in [0.15, 0.2) is 29.2 Å². The number of thioether (sulfide) groups is 1. The molecule has 3 N–H and O–H groups in total. The third kappa shape index (κ3) is 7.04. The second-order valence-corrected chi connectivity index (χ2v) is 7.16. The lowest BCUT2D eigenvalue weighted by atomic mass is 10.3. The average Bonchev–Trinajstić information content (AvgIpc) is 2.29. The Labute approximate surface area is 123 Å². The number of hydrogen-bond acceptors (Lipinski definition) is 3. The van der Waals surface area contributed by atoms with Gasteiger partial charge in [0.25, 0.3) is 0 Å². The molecule has 20 heavy (non-hydrogen) atoms. The first-order valence-electron chi connectivity index (χ1n) is 6.32. The molecule has 110 valence electrons. The lowest BCUT2D eigenvalue weighted by Crippen LogP contribution is -2.30. The Morgan fingerprint density at radius 1 is 1.20 bits per heavy atom. The molecule has 6 heteroatoms. The number of anilines is 1. The first-order chi connectivity index (χ1) is 9.26. The van der Waals surface area contributed by atoms with Gasteiger partial charge in [0.2, 0.25) is 0 Å². The molecule has 0 aromatic heterocycles. The summed E-state index contributed by atoms with van der Waals surface area (Å²) in [5.41, 5.74) is 0.677. The van der Waals surface area contributed by atoms with Crippen molar-refractivity contribution in [2.24, 2.45) is 0 Å². The van der Waals surface area contributed by atoms with Crippen LogP contribution >= 0.6 is 11.8 Å². The smallest absolute Gasteiger partial charge is 0.319 e. The molecule has 0 heterocycles. The van der Waals surface area contributed by atoms with Gasteiger partial charge in [0.05, 0.1) is 6.42 Å². The second kappa shape index (κ2) is 7.19. The van der Waals surface area contributed by atoms with E-state index >= 15 is 0 Å². The van der Waals surface area contributed by atoms with Crippen molar-refractivity contribution in [3.8, 4) is 0 Å². The second-order valence-electron chi connectivity index (χ2n) is 5.26. The zero-order chi connectivity index (χ0) is 15.2.